The smallest absolute Gasteiger partial charge is 0.410 e. The van der Waals surface area contributed by atoms with Crippen LogP contribution in [0.4, 0.5) is 10.5 Å². The normalized spacial score (nSPS) is 13.5. The van der Waals surface area contributed by atoms with Crippen LogP contribution in [0, 0.1) is 0 Å². The number of carbonyl (C=O) groups is 3. The fourth-order valence-corrected chi connectivity index (χ4v) is 3.00. The maximum Gasteiger partial charge on any atom is 0.410 e. The summed E-state index contributed by atoms with van der Waals surface area (Å²) in [4.78, 5) is 40.3. The molecule has 0 N–H and O–H groups in total. The molecule has 1 saturated heterocycles. The second kappa shape index (κ2) is 11.4. The van der Waals surface area contributed by atoms with Crippen LogP contribution in [0.1, 0.15) is 55.3 Å². The van der Waals surface area contributed by atoms with Crippen molar-refractivity contribution in [2.75, 3.05) is 52.4 Å². The number of benzene rings is 1. The quantitative estimate of drug-likeness (QED) is 0.522. The topological polar surface area (TPSA) is 94.6 Å². The third-order valence-corrected chi connectivity index (χ3v) is 4.40. The summed E-state index contributed by atoms with van der Waals surface area (Å²) in [5, 5.41) is 0. The van der Waals surface area contributed by atoms with Crippen molar-refractivity contribution in [2.24, 2.45) is 0 Å². The molecule has 1 amide bonds. The van der Waals surface area contributed by atoms with E-state index in [-0.39, 0.29) is 23.0 Å². The molecule has 0 saturated carbocycles. The summed E-state index contributed by atoms with van der Waals surface area (Å²) in [5.74, 6) is -1.15. The average Bonchev–Trinajstić information content (AvgIpc) is 2.77. The molecule has 0 bridgehead atoms. The zero-order chi connectivity index (χ0) is 23.8. The molecular formula is C22H34N2O7. The van der Waals surface area contributed by atoms with E-state index in [1.54, 1.807) is 17.0 Å². The van der Waals surface area contributed by atoms with Crippen LogP contribution in [0.2, 0.25) is 0 Å². The molecule has 1 aliphatic rings. The number of esters is 2. The van der Waals surface area contributed by atoms with Crippen LogP contribution in [0.3, 0.4) is 0 Å². The van der Waals surface area contributed by atoms with E-state index in [2.05, 4.69) is 0 Å². The lowest BCUT2D eigenvalue weighted by Gasteiger charge is -2.37. The van der Waals surface area contributed by atoms with Crippen LogP contribution in [0.5, 0.6) is 5.75 Å². The Balaban J connectivity index is 0.00000233. The number of hydrogen-bond acceptors (Lipinski definition) is 8. The zero-order valence-electron chi connectivity index (χ0n) is 19.7. The molecule has 0 unspecified atom stereocenters. The fourth-order valence-electron chi connectivity index (χ4n) is 3.00. The SMILES string of the molecule is CC.COC(=O)c1cc(N2CCN(C(=O)OC(C)(C)C)CC2)cc(OC)c1C(=O)OC. The van der Waals surface area contributed by atoms with Gasteiger partial charge in [0.05, 0.1) is 26.9 Å². The van der Waals surface area contributed by atoms with Crippen LogP contribution in [-0.4, -0.2) is 76.0 Å². The van der Waals surface area contributed by atoms with E-state index in [9.17, 15) is 14.4 Å². The van der Waals surface area contributed by atoms with Gasteiger partial charge in [0.2, 0.25) is 0 Å². The summed E-state index contributed by atoms with van der Waals surface area (Å²) >= 11 is 0. The van der Waals surface area contributed by atoms with Gasteiger partial charge < -0.3 is 28.7 Å². The summed E-state index contributed by atoms with van der Waals surface area (Å²) in [5.41, 5.74) is 0.195. The monoisotopic (exact) mass is 438 g/mol. The van der Waals surface area contributed by atoms with Crippen molar-refractivity contribution in [1.29, 1.82) is 0 Å². The van der Waals surface area contributed by atoms with Crippen LogP contribution in [-0.2, 0) is 14.2 Å². The first-order valence-corrected chi connectivity index (χ1v) is 10.2. The molecule has 0 spiro atoms. The highest BCUT2D eigenvalue weighted by Gasteiger charge is 2.29. The molecule has 0 aliphatic carbocycles. The standard InChI is InChI=1S/C20H28N2O7.C2H6/c1-20(2,3)29-19(25)22-9-7-21(8-10-22)13-11-14(17(23)27-5)16(18(24)28-6)15(12-13)26-4;1-2/h11-12H,7-10H2,1-6H3;1-2H3. The van der Waals surface area contributed by atoms with E-state index in [0.717, 1.165) is 0 Å². The molecule has 1 aromatic rings. The van der Waals surface area contributed by atoms with Crippen LogP contribution in [0.25, 0.3) is 0 Å². The number of hydrogen-bond donors (Lipinski definition) is 0. The number of piperazine rings is 1. The van der Waals surface area contributed by atoms with Crippen molar-refractivity contribution in [1.82, 2.24) is 4.90 Å². The number of nitrogens with zero attached hydrogens (tertiary/aromatic N) is 2. The lowest BCUT2D eigenvalue weighted by Crippen LogP contribution is -2.50. The molecule has 2 rings (SSSR count). The largest absolute Gasteiger partial charge is 0.496 e. The van der Waals surface area contributed by atoms with E-state index >= 15 is 0 Å². The van der Waals surface area contributed by atoms with Gasteiger partial charge in [0.25, 0.3) is 0 Å². The summed E-state index contributed by atoms with van der Waals surface area (Å²) in [6, 6.07) is 3.24. The first-order valence-electron chi connectivity index (χ1n) is 10.2. The van der Waals surface area contributed by atoms with Crippen molar-refractivity contribution < 1.29 is 33.3 Å². The Bertz CT molecular complexity index is 779. The predicted molar refractivity (Wildman–Crippen MR) is 117 cm³/mol. The van der Waals surface area contributed by atoms with Gasteiger partial charge in [-0.25, -0.2) is 14.4 Å². The molecule has 0 aromatic heterocycles. The summed E-state index contributed by atoms with van der Waals surface area (Å²) in [6.45, 7) is 11.5. The van der Waals surface area contributed by atoms with Crippen LogP contribution >= 0.6 is 0 Å². The van der Waals surface area contributed by atoms with E-state index in [0.29, 0.717) is 31.9 Å². The zero-order valence-corrected chi connectivity index (χ0v) is 19.7. The highest BCUT2D eigenvalue weighted by Crippen LogP contribution is 2.31. The Morgan fingerprint density at radius 1 is 0.871 bits per heavy atom. The highest BCUT2D eigenvalue weighted by atomic mass is 16.6. The summed E-state index contributed by atoms with van der Waals surface area (Å²) in [7, 11) is 3.88. The molecule has 174 valence electrons. The first-order chi connectivity index (χ1) is 14.6. The highest BCUT2D eigenvalue weighted by molar-refractivity contribution is 6.06. The fraction of sp³-hybridized carbons (Fsp3) is 0.591. The molecular weight excluding hydrogens is 404 g/mol. The Labute approximate surface area is 184 Å². The average molecular weight is 439 g/mol. The second-order valence-electron chi connectivity index (χ2n) is 7.51. The van der Waals surface area contributed by atoms with Gasteiger partial charge in [-0.05, 0) is 26.8 Å². The van der Waals surface area contributed by atoms with Crippen molar-refractivity contribution >= 4 is 23.7 Å². The number of ether oxygens (including phenoxy) is 4. The summed E-state index contributed by atoms with van der Waals surface area (Å²) < 4.78 is 20.3. The van der Waals surface area contributed by atoms with Gasteiger partial charge in [0.15, 0.2) is 0 Å². The minimum atomic E-state index is -0.691. The van der Waals surface area contributed by atoms with Crippen molar-refractivity contribution in [3.63, 3.8) is 0 Å². The van der Waals surface area contributed by atoms with Crippen molar-refractivity contribution in [3.8, 4) is 5.75 Å². The first kappa shape index (κ1) is 26.1. The van der Waals surface area contributed by atoms with Gasteiger partial charge in [0.1, 0.15) is 16.9 Å². The maximum absolute atomic E-state index is 12.3. The van der Waals surface area contributed by atoms with E-state index in [1.165, 1.54) is 21.3 Å². The molecule has 31 heavy (non-hydrogen) atoms. The Morgan fingerprint density at radius 3 is 1.87 bits per heavy atom. The van der Waals surface area contributed by atoms with Gasteiger partial charge in [0, 0.05) is 37.9 Å². The number of amides is 1. The molecule has 9 nitrogen and oxygen atoms in total. The predicted octanol–water partition coefficient (Wildman–Crippen LogP) is 3.35. The van der Waals surface area contributed by atoms with Gasteiger partial charge >= 0.3 is 18.0 Å². The Hall–Kier alpha value is -2.97. The number of rotatable bonds is 4. The minimum absolute atomic E-state index is 0.0120. The van der Waals surface area contributed by atoms with Gasteiger partial charge in [-0.3, -0.25) is 0 Å². The van der Waals surface area contributed by atoms with Crippen LogP contribution < -0.4 is 9.64 Å². The second-order valence-corrected chi connectivity index (χ2v) is 7.51. The molecule has 1 heterocycles. The maximum atomic E-state index is 12.3. The molecule has 9 heteroatoms. The number of methoxy groups -OCH3 is 3. The number of carbonyl (C=O) groups excluding carboxylic acids is 3. The Morgan fingerprint density at radius 2 is 1.42 bits per heavy atom. The molecule has 1 aromatic carbocycles. The molecule has 0 atom stereocenters. The van der Waals surface area contributed by atoms with Gasteiger partial charge in [-0.2, -0.15) is 0 Å². The molecule has 0 radical (unpaired) electrons. The minimum Gasteiger partial charge on any atom is -0.496 e. The Kier molecular flexibility index (Phi) is 9.61. The van der Waals surface area contributed by atoms with Crippen molar-refractivity contribution in [2.45, 2.75) is 40.2 Å². The van der Waals surface area contributed by atoms with E-state index < -0.39 is 17.5 Å². The lowest BCUT2D eigenvalue weighted by molar-refractivity contribution is 0.0240. The third-order valence-electron chi connectivity index (χ3n) is 4.40. The van der Waals surface area contributed by atoms with E-state index in [4.69, 9.17) is 18.9 Å². The van der Waals surface area contributed by atoms with Crippen LogP contribution in [0.15, 0.2) is 12.1 Å². The molecule has 1 aliphatic heterocycles. The lowest BCUT2D eigenvalue weighted by atomic mass is 10.0. The van der Waals surface area contributed by atoms with Gasteiger partial charge in [-0.15, -0.1) is 0 Å². The molecule has 1 fully saturated rings. The third kappa shape index (κ3) is 6.77. The van der Waals surface area contributed by atoms with Gasteiger partial charge in [-0.1, -0.05) is 13.8 Å². The van der Waals surface area contributed by atoms with Crippen molar-refractivity contribution in [3.05, 3.63) is 23.3 Å². The summed E-state index contributed by atoms with van der Waals surface area (Å²) in [6.07, 6.45) is -0.356. The van der Waals surface area contributed by atoms with E-state index in [1.807, 2.05) is 39.5 Å². The number of anilines is 1.